The molecule has 2 aromatic rings. The molecule has 0 bridgehead atoms. The minimum atomic E-state index is -0.203. The highest BCUT2D eigenvalue weighted by atomic mass is 16.5. The number of rotatable bonds is 4. The monoisotopic (exact) mass is 289 g/mol. The van der Waals surface area contributed by atoms with Gasteiger partial charge in [-0.1, -0.05) is 30.1 Å². The lowest BCUT2D eigenvalue weighted by Crippen LogP contribution is -2.17. The van der Waals surface area contributed by atoms with E-state index in [-0.39, 0.29) is 17.7 Å². The highest BCUT2D eigenvalue weighted by Gasteiger charge is 2.33. The number of hydrogen-bond acceptors (Lipinski definition) is 5. The van der Waals surface area contributed by atoms with E-state index in [4.69, 9.17) is 9.05 Å². The van der Waals surface area contributed by atoms with Crippen molar-refractivity contribution in [2.24, 2.45) is 0 Å². The topological polar surface area (TPSA) is 81.2 Å². The van der Waals surface area contributed by atoms with Gasteiger partial charge in [0.25, 0.3) is 0 Å². The summed E-state index contributed by atoms with van der Waals surface area (Å²) < 4.78 is 10.2. The van der Waals surface area contributed by atoms with E-state index in [1.165, 1.54) is 12.8 Å². The fraction of sp³-hybridized carbons (Fsp3) is 0.533. The van der Waals surface area contributed by atoms with Gasteiger partial charge in [-0.3, -0.25) is 10.1 Å². The first-order valence-electron chi connectivity index (χ1n) is 7.24. The van der Waals surface area contributed by atoms with Gasteiger partial charge in [0.05, 0.1) is 17.8 Å². The standard InChI is InChI=1S/C15H19N3O3/c1-10-7-11(20-17-10)8-13(19)16-14-9-12(18-21-14)15(2)5-3-4-6-15/h7,9H,3-6,8H2,1-2H3,(H,16,19). The molecule has 1 fully saturated rings. The maximum absolute atomic E-state index is 11.9. The van der Waals surface area contributed by atoms with Crippen LogP contribution in [0.2, 0.25) is 0 Å². The molecule has 0 aliphatic heterocycles. The second kappa shape index (κ2) is 5.35. The van der Waals surface area contributed by atoms with Gasteiger partial charge in [-0.15, -0.1) is 0 Å². The molecule has 0 unspecified atom stereocenters. The van der Waals surface area contributed by atoms with E-state index < -0.39 is 0 Å². The number of nitrogens with one attached hydrogen (secondary N) is 1. The van der Waals surface area contributed by atoms with E-state index >= 15 is 0 Å². The van der Waals surface area contributed by atoms with E-state index in [2.05, 4.69) is 22.6 Å². The Hall–Kier alpha value is -2.11. The highest BCUT2D eigenvalue weighted by Crippen LogP contribution is 2.40. The lowest BCUT2D eigenvalue weighted by molar-refractivity contribution is -0.116. The van der Waals surface area contributed by atoms with Gasteiger partial charge in [-0.2, -0.15) is 0 Å². The van der Waals surface area contributed by atoms with Gasteiger partial charge >= 0.3 is 0 Å². The summed E-state index contributed by atoms with van der Waals surface area (Å²) in [5, 5.41) is 10.6. The third-order valence-electron chi connectivity index (χ3n) is 4.11. The largest absolute Gasteiger partial charge is 0.361 e. The zero-order valence-corrected chi connectivity index (χ0v) is 12.3. The Labute approximate surface area is 122 Å². The molecule has 1 saturated carbocycles. The summed E-state index contributed by atoms with van der Waals surface area (Å²) in [5.41, 5.74) is 1.76. The second-order valence-corrected chi connectivity index (χ2v) is 6.00. The molecule has 1 amide bonds. The van der Waals surface area contributed by atoms with Crippen molar-refractivity contribution in [2.45, 2.75) is 51.4 Å². The van der Waals surface area contributed by atoms with Crippen molar-refractivity contribution in [1.29, 1.82) is 0 Å². The van der Waals surface area contributed by atoms with Gasteiger partial charge in [-0.05, 0) is 19.8 Å². The van der Waals surface area contributed by atoms with Crippen molar-refractivity contribution >= 4 is 11.8 Å². The van der Waals surface area contributed by atoms with Crippen molar-refractivity contribution in [3.05, 3.63) is 29.3 Å². The molecular weight excluding hydrogens is 270 g/mol. The predicted octanol–water partition coefficient (Wildman–Crippen LogP) is 2.98. The molecule has 0 saturated heterocycles. The van der Waals surface area contributed by atoms with Crippen LogP contribution >= 0.6 is 0 Å². The fourth-order valence-electron chi connectivity index (χ4n) is 2.87. The van der Waals surface area contributed by atoms with Crippen molar-refractivity contribution < 1.29 is 13.8 Å². The van der Waals surface area contributed by atoms with Crippen molar-refractivity contribution in [2.75, 3.05) is 5.32 Å². The zero-order chi connectivity index (χ0) is 14.9. The van der Waals surface area contributed by atoms with Crippen LogP contribution in [0.15, 0.2) is 21.2 Å². The number of aromatic nitrogens is 2. The number of hydrogen-bond donors (Lipinski definition) is 1. The van der Waals surface area contributed by atoms with E-state index in [1.54, 1.807) is 6.07 Å². The van der Waals surface area contributed by atoms with Gasteiger partial charge in [-0.25, -0.2) is 0 Å². The highest BCUT2D eigenvalue weighted by molar-refractivity contribution is 5.90. The quantitative estimate of drug-likeness (QED) is 0.935. The van der Waals surface area contributed by atoms with E-state index in [1.807, 2.05) is 13.0 Å². The van der Waals surface area contributed by atoms with E-state index in [0.29, 0.717) is 11.6 Å². The molecule has 0 atom stereocenters. The molecule has 6 heteroatoms. The summed E-state index contributed by atoms with van der Waals surface area (Å²) in [6, 6.07) is 3.57. The van der Waals surface area contributed by atoms with Crippen molar-refractivity contribution in [3.8, 4) is 0 Å². The Bertz CT molecular complexity index is 638. The van der Waals surface area contributed by atoms with Gasteiger partial charge in [0.2, 0.25) is 11.8 Å². The molecule has 112 valence electrons. The first kappa shape index (κ1) is 13.9. The van der Waals surface area contributed by atoms with Gasteiger partial charge in [0.1, 0.15) is 5.76 Å². The number of aryl methyl sites for hydroxylation is 1. The first-order chi connectivity index (χ1) is 10.0. The Balaban J connectivity index is 1.63. The molecule has 6 nitrogen and oxygen atoms in total. The minimum absolute atomic E-state index is 0.0779. The number of nitrogens with zero attached hydrogens (tertiary/aromatic N) is 2. The smallest absolute Gasteiger partial charge is 0.234 e. The molecule has 0 aromatic carbocycles. The molecule has 2 aromatic heterocycles. The number of anilines is 1. The van der Waals surface area contributed by atoms with Crippen LogP contribution in [0.3, 0.4) is 0 Å². The normalized spacial score (nSPS) is 17.0. The number of amides is 1. The van der Waals surface area contributed by atoms with Gasteiger partial charge in [0.15, 0.2) is 0 Å². The predicted molar refractivity (Wildman–Crippen MR) is 75.9 cm³/mol. The summed E-state index contributed by atoms with van der Waals surface area (Å²) >= 11 is 0. The Morgan fingerprint density at radius 1 is 1.29 bits per heavy atom. The summed E-state index contributed by atoms with van der Waals surface area (Å²) in [4.78, 5) is 11.9. The molecular formula is C15H19N3O3. The van der Waals surface area contributed by atoms with Crippen LogP contribution in [0.5, 0.6) is 0 Å². The average Bonchev–Trinajstić information content (AvgIpc) is 3.12. The Kier molecular flexibility index (Phi) is 3.53. The summed E-state index contributed by atoms with van der Waals surface area (Å²) in [6.07, 6.45) is 4.80. The van der Waals surface area contributed by atoms with Crippen LogP contribution in [0.4, 0.5) is 5.88 Å². The van der Waals surface area contributed by atoms with E-state index in [9.17, 15) is 4.79 Å². The molecule has 0 spiro atoms. The molecule has 1 aliphatic rings. The van der Waals surface area contributed by atoms with Gasteiger partial charge < -0.3 is 9.05 Å². The molecule has 2 heterocycles. The fourth-order valence-corrected chi connectivity index (χ4v) is 2.87. The Morgan fingerprint density at radius 2 is 2.05 bits per heavy atom. The lowest BCUT2D eigenvalue weighted by atomic mass is 9.85. The maximum atomic E-state index is 11.9. The van der Waals surface area contributed by atoms with Gasteiger partial charge in [0, 0.05) is 17.5 Å². The van der Waals surface area contributed by atoms with E-state index in [0.717, 1.165) is 24.2 Å². The molecule has 0 radical (unpaired) electrons. The first-order valence-corrected chi connectivity index (χ1v) is 7.24. The summed E-state index contributed by atoms with van der Waals surface area (Å²) in [6.45, 7) is 4.01. The van der Waals surface area contributed by atoms with Crippen LogP contribution in [-0.4, -0.2) is 16.2 Å². The van der Waals surface area contributed by atoms with Crippen LogP contribution in [0.25, 0.3) is 0 Å². The third kappa shape index (κ3) is 2.99. The molecule has 1 N–H and O–H groups in total. The molecule has 21 heavy (non-hydrogen) atoms. The maximum Gasteiger partial charge on any atom is 0.234 e. The lowest BCUT2D eigenvalue weighted by Gasteiger charge is -2.19. The van der Waals surface area contributed by atoms with Crippen LogP contribution in [0.1, 0.15) is 49.8 Å². The SMILES string of the molecule is Cc1cc(CC(=O)Nc2cc(C3(C)CCCC3)no2)on1. The minimum Gasteiger partial charge on any atom is -0.361 e. The number of carbonyl (C=O) groups is 1. The molecule has 1 aliphatic carbocycles. The third-order valence-corrected chi connectivity index (χ3v) is 4.11. The summed E-state index contributed by atoms with van der Waals surface area (Å²) in [5.74, 6) is 0.720. The zero-order valence-electron chi connectivity index (χ0n) is 12.3. The summed E-state index contributed by atoms with van der Waals surface area (Å²) in [7, 11) is 0. The molecule has 3 rings (SSSR count). The van der Waals surface area contributed by atoms with Crippen molar-refractivity contribution in [1.82, 2.24) is 10.3 Å². The average molecular weight is 289 g/mol. The second-order valence-electron chi connectivity index (χ2n) is 6.00. The Morgan fingerprint density at radius 3 is 2.71 bits per heavy atom. The van der Waals surface area contributed by atoms with Crippen LogP contribution in [0, 0.1) is 6.92 Å². The number of carbonyl (C=O) groups excluding carboxylic acids is 1. The van der Waals surface area contributed by atoms with Crippen LogP contribution in [-0.2, 0) is 16.6 Å². The van der Waals surface area contributed by atoms with Crippen LogP contribution < -0.4 is 5.32 Å². The van der Waals surface area contributed by atoms with Crippen molar-refractivity contribution in [3.63, 3.8) is 0 Å².